The van der Waals surface area contributed by atoms with Crippen LogP contribution in [0.1, 0.15) is 18.4 Å². The third kappa shape index (κ3) is 4.75. The first-order valence-electron chi connectivity index (χ1n) is 5.39. The number of hydrogen-bond donors (Lipinski definition) is 1. The summed E-state index contributed by atoms with van der Waals surface area (Å²) in [4.78, 5) is 11.4. The molecule has 0 fully saturated rings. The summed E-state index contributed by atoms with van der Waals surface area (Å²) >= 11 is 0. The molecule has 1 N–H and O–H groups in total. The van der Waals surface area contributed by atoms with E-state index in [-0.39, 0.29) is 12.3 Å². The number of carbonyl (C=O) groups excluding carboxylic acids is 1. The lowest BCUT2D eigenvalue weighted by atomic mass is 10.2. The van der Waals surface area contributed by atoms with Gasteiger partial charge >= 0.3 is 6.18 Å². The van der Waals surface area contributed by atoms with Crippen LogP contribution in [0, 0.1) is 0 Å². The molecule has 100 valence electrons. The van der Waals surface area contributed by atoms with Crippen molar-refractivity contribution in [3.63, 3.8) is 0 Å². The fourth-order valence-corrected chi connectivity index (χ4v) is 1.34. The van der Waals surface area contributed by atoms with Crippen molar-refractivity contribution >= 4 is 11.6 Å². The predicted octanol–water partition coefficient (Wildman–Crippen LogP) is 3.07. The van der Waals surface area contributed by atoms with Crippen LogP contribution in [-0.2, 0) is 15.7 Å². The Labute approximate surface area is 103 Å². The lowest BCUT2D eigenvalue weighted by Gasteiger charge is -2.08. The summed E-state index contributed by atoms with van der Waals surface area (Å²) in [6.45, 7) is 0.473. The summed E-state index contributed by atoms with van der Waals surface area (Å²) in [5, 5.41) is 2.52. The Hall–Kier alpha value is -1.56. The zero-order chi connectivity index (χ0) is 13.6. The van der Waals surface area contributed by atoms with E-state index in [4.69, 9.17) is 4.74 Å². The highest BCUT2D eigenvalue weighted by Gasteiger charge is 2.29. The molecule has 0 saturated heterocycles. The van der Waals surface area contributed by atoms with Crippen molar-refractivity contribution in [3.8, 4) is 0 Å². The molecule has 3 nitrogen and oxygen atoms in total. The molecule has 1 amide bonds. The van der Waals surface area contributed by atoms with Crippen LogP contribution in [0.15, 0.2) is 24.3 Å². The number of nitrogens with one attached hydrogen (secondary N) is 1. The summed E-state index contributed by atoms with van der Waals surface area (Å²) < 4.78 is 41.6. The van der Waals surface area contributed by atoms with Gasteiger partial charge in [-0.1, -0.05) is 0 Å². The smallest absolute Gasteiger partial charge is 0.385 e. The largest absolute Gasteiger partial charge is 0.416 e. The molecule has 0 heterocycles. The van der Waals surface area contributed by atoms with E-state index in [0.717, 1.165) is 12.1 Å². The molecule has 0 aromatic heterocycles. The summed E-state index contributed by atoms with van der Waals surface area (Å²) in [6.07, 6.45) is -3.52. The Kier molecular flexibility index (Phi) is 5.15. The number of halogens is 3. The quantitative estimate of drug-likeness (QED) is 0.827. The van der Waals surface area contributed by atoms with Crippen molar-refractivity contribution in [1.29, 1.82) is 0 Å². The minimum atomic E-state index is -4.36. The zero-order valence-corrected chi connectivity index (χ0v) is 9.88. The average Bonchev–Trinajstić information content (AvgIpc) is 2.29. The molecule has 0 aliphatic rings. The second-order valence-corrected chi connectivity index (χ2v) is 3.72. The number of methoxy groups -OCH3 is 1. The van der Waals surface area contributed by atoms with Crippen LogP contribution in [0.2, 0.25) is 0 Å². The van der Waals surface area contributed by atoms with E-state index >= 15 is 0 Å². The number of carbonyl (C=O) groups is 1. The molecular formula is C12H14F3NO2. The second kappa shape index (κ2) is 6.39. The summed E-state index contributed by atoms with van der Waals surface area (Å²) in [6, 6.07) is 4.34. The SMILES string of the molecule is COCCCC(=O)Nc1ccc(C(F)(F)F)cc1. The fraction of sp³-hybridized carbons (Fsp3) is 0.417. The number of amides is 1. The van der Waals surface area contributed by atoms with Crippen LogP contribution >= 0.6 is 0 Å². The lowest BCUT2D eigenvalue weighted by molar-refractivity contribution is -0.137. The molecule has 0 aliphatic heterocycles. The maximum Gasteiger partial charge on any atom is 0.416 e. The van der Waals surface area contributed by atoms with Crippen molar-refractivity contribution < 1.29 is 22.7 Å². The van der Waals surface area contributed by atoms with Crippen LogP contribution in [0.4, 0.5) is 18.9 Å². The number of rotatable bonds is 5. The molecular weight excluding hydrogens is 247 g/mol. The number of anilines is 1. The topological polar surface area (TPSA) is 38.3 Å². The van der Waals surface area contributed by atoms with E-state index in [2.05, 4.69) is 5.32 Å². The Morgan fingerprint density at radius 1 is 1.28 bits per heavy atom. The molecule has 0 unspecified atom stereocenters. The van der Waals surface area contributed by atoms with Crippen LogP contribution < -0.4 is 5.32 Å². The van der Waals surface area contributed by atoms with Crippen LogP contribution in [0.25, 0.3) is 0 Å². The van der Waals surface area contributed by atoms with E-state index in [1.807, 2.05) is 0 Å². The van der Waals surface area contributed by atoms with Crippen LogP contribution in [0.3, 0.4) is 0 Å². The van der Waals surface area contributed by atoms with Gasteiger partial charge in [-0.05, 0) is 30.7 Å². The molecule has 0 bridgehead atoms. The van der Waals surface area contributed by atoms with Gasteiger partial charge in [-0.3, -0.25) is 4.79 Å². The highest BCUT2D eigenvalue weighted by Crippen LogP contribution is 2.29. The van der Waals surface area contributed by atoms with Gasteiger partial charge in [0.2, 0.25) is 5.91 Å². The predicted molar refractivity (Wildman–Crippen MR) is 61.2 cm³/mol. The molecule has 0 aliphatic carbocycles. The summed E-state index contributed by atoms with van der Waals surface area (Å²) in [5.41, 5.74) is -0.384. The summed E-state index contributed by atoms with van der Waals surface area (Å²) in [5.74, 6) is -0.244. The highest BCUT2D eigenvalue weighted by atomic mass is 19.4. The van der Waals surface area contributed by atoms with Crippen molar-refractivity contribution in [2.45, 2.75) is 19.0 Å². The Morgan fingerprint density at radius 2 is 1.89 bits per heavy atom. The van der Waals surface area contributed by atoms with E-state index in [1.165, 1.54) is 19.2 Å². The lowest BCUT2D eigenvalue weighted by Crippen LogP contribution is -2.12. The van der Waals surface area contributed by atoms with E-state index in [0.29, 0.717) is 18.7 Å². The van der Waals surface area contributed by atoms with Gasteiger partial charge in [0.15, 0.2) is 0 Å². The molecule has 0 saturated carbocycles. The third-order valence-corrected chi connectivity index (χ3v) is 2.25. The molecule has 1 rings (SSSR count). The van der Waals surface area contributed by atoms with Gasteiger partial charge in [-0.2, -0.15) is 13.2 Å². The first-order chi connectivity index (χ1) is 8.43. The number of alkyl halides is 3. The minimum absolute atomic E-state index is 0.244. The maximum atomic E-state index is 12.3. The Balaban J connectivity index is 2.51. The van der Waals surface area contributed by atoms with Gasteiger partial charge in [0.25, 0.3) is 0 Å². The van der Waals surface area contributed by atoms with Gasteiger partial charge in [-0.15, -0.1) is 0 Å². The summed E-state index contributed by atoms with van der Waals surface area (Å²) in [7, 11) is 1.54. The highest BCUT2D eigenvalue weighted by molar-refractivity contribution is 5.90. The van der Waals surface area contributed by atoms with Crippen molar-refractivity contribution in [3.05, 3.63) is 29.8 Å². The normalized spacial score (nSPS) is 11.3. The second-order valence-electron chi connectivity index (χ2n) is 3.72. The molecule has 0 spiro atoms. The van der Waals surface area contributed by atoms with Crippen LogP contribution in [0.5, 0.6) is 0 Å². The van der Waals surface area contributed by atoms with Crippen LogP contribution in [-0.4, -0.2) is 19.6 Å². The first kappa shape index (κ1) is 14.5. The molecule has 6 heteroatoms. The van der Waals surface area contributed by atoms with E-state index < -0.39 is 11.7 Å². The Bertz CT molecular complexity index is 387. The molecule has 1 aromatic carbocycles. The standard InChI is InChI=1S/C12H14F3NO2/c1-18-8-2-3-11(17)16-10-6-4-9(5-7-10)12(13,14)15/h4-7H,2-3,8H2,1H3,(H,16,17). The molecule has 1 aromatic rings. The van der Waals surface area contributed by atoms with Gasteiger partial charge in [0, 0.05) is 25.8 Å². The molecule has 18 heavy (non-hydrogen) atoms. The number of ether oxygens (including phenoxy) is 1. The van der Waals surface area contributed by atoms with Gasteiger partial charge in [-0.25, -0.2) is 0 Å². The van der Waals surface area contributed by atoms with E-state index in [9.17, 15) is 18.0 Å². The monoisotopic (exact) mass is 261 g/mol. The van der Waals surface area contributed by atoms with E-state index in [1.54, 1.807) is 0 Å². The Morgan fingerprint density at radius 3 is 2.39 bits per heavy atom. The third-order valence-electron chi connectivity index (χ3n) is 2.25. The number of benzene rings is 1. The average molecular weight is 261 g/mol. The number of hydrogen-bond acceptors (Lipinski definition) is 2. The maximum absolute atomic E-state index is 12.3. The zero-order valence-electron chi connectivity index (χ0n) is 9.88. The van der Waals surface area contributed by atoms with Crippen molar-refractivity contribution in [1.82, 2.24) is 0 Å². The van der Waals surface area contributed by atoms with Crippen molar-refractivity contribution in [2.75, 3.05) is 19.0 Å². The molecule has 0 atom stereocenters. The minimum Gasteiger partial charge on any atom is -0.385 e. The van der Waals surface area contributed by atoms with Gasteiger partial charge < -0.3 is 10.1 Å². The van der Waals surface area contributed by atoms with Gasteiger partial charge in [0.1, 0.15) is 0 Å². The molecule has 0 radical (unpaired) electrons. The van der Waals surface area contributed by atoms with Crippen molar-refractivity contribution in [2.24, 2.45) is 0 Å². The van der Waals surface area contributed by atoms with Gasteiger partial charge in [0.05, 0.1) is 5.56 Å². The first-order valence-corrected chi connectivity index (χ1v) is 5.39. The fourth-order valence-electron chi connectivity index (χ4n) is 1.34.